The molecule has 0 saturated heterocycles. The molecule has 3 aromatic heterocycles. The van der Waals surface area contributed by atoms with Crippen LogP contribution in [0.5, 0.6) is 0 Å². The first-order valence-corrected chi connectivity index (χ1v) is 10.6. The number of alkyl halides is 3. The Morgan fingerprint density at radius 2 is 1.61 bits per heavy atom. The van der Waals surface area contributed by atoms with Crippen LogP contribution in [0.25, 0.3) is 22.4 Å². The molecule has 0 unspecified atom stereocenters. The molecular formula is C25H19F3N6O2. The van der Waals surface area contributed by atoms with Gasteiger partial charge in [-0.05, 0) is 66.1 Å². The Bertz CT molecular complexity index is 1460. The van der Waals surface area contributed by atoms with Crippen LogP contribution in [0.1, 0.15) is 32.1 Å². The molecule has 11 heteroatoms. The number of nitrogens with zero attached hydrogens (tertiary/aromatic N) is 4. The van der Waals surface area contributed by atoms with Crippen molar-refractivity contribution < 1.29 is 22.8 Å². The van der Waals surface area contributed by atoms with Gasteiger partial charge in [0.1, 0.15) is 5.69 Å². The lowest BCUT2D eigenvalue weighted by Crippen LogP contribution is -2.19. The third kappa shape index (κ3) is 5.35. The number of halogens is 3. The Balaban J connectivity index is 1.63. The first kappa shape index (κ1) is 24.5. The minimum atomic E-state index is -4.64. The van der Waals surface area contributed by atoms with Gasteiger partial charge in [0.05, 0.1) is 17.5 Å². The molecule has 1 aromatic carbocycles. The van der Waals surface area contributed by atoms with E-state index in [1.54, 1.807) is 42.6 Å². The highest BCUT2D eigenvalue weighted by Gasteiger charge is 2.32. The summed E-state index contributed by atoms with van der Waals surface area (Å²) in [6.45, 7) is 1.88. The predicted molar refractivity (Wildman–Crippen MR) is 126 cm³/mol. The molecule has 4 rings (SSSR count). The van der Waals surface area contributed by atoms with E-state index in [4.69, 9.17) is 0 Å². The van der Waals surface area contributed by atoms with Crippen molar-refractivity contribution in [2.45, 2.75) is 13.1 Å². The van der Waals surface area contributed by atoms with Gasteiger partial charge in [0.2, 0.25) is 0 Å². The molecular weight excluding hydrogens is 473 g/mol. The number of hydrogen-bond donors (Lipinski definition) is 2. The summed E-state index contributed by atoms with van der Waals surface area (Å²) in [4.78, 5) is 32.9. The molecule has 0 saturated carbocycles. The molecule has 36 heavy (non-hydrogen) atoms. The number of aromatic nitrogens is 4. The maximum Gasteiger partial charge on any atom is 0.418 e. The van der Waals surface area contributed by atoms with Gasteiger partial charge in [-0.1, -0.05) is 6.07 Å². The summed E-state index contributed by atoms with van der Waals surface area (Å²) in [5, 5.41) is 11.9. The molecule has 0 radical (unpaired) electrons. The summed E-state index contributed by atoms with van der Waals surface area (Å²) in [6, 6.07) is 12.7. The Kier molecular flexibility index (Phi) is 6.73. The Hall–Kier alpha value is -4.67. The number of amides is 2. The highest BCUT2D eigenvalue weighted by molar-refractivity contribution is 6.03. The van der Waals surface area contributed by atoms with Gasteiger partial charge in [0.15, 0.2) is 5.69 Å². The van der Waals surface area contributed by atoms with Crippen molar-refractivity contribution in [3.63, 3.8) is 0 Å². The summed E-state index contributed by atoms with van der Waals surface area (Å²) in [7, 11) is 1.52. The molecule has 3 heterocycles. The average molecular weight is 492 g/mol. The number of benzene rings is 1. The highest BCUT2D eigenvalue weighted by atomic mass is 19.4. The summed E-state index contributed by atoms with van der Waals surface area (Å²) in [6.07, 6.45) is -0.945. The number of carbonyl (C=O) groups is 2. The molecule has 0 spiro atoms. The number of rotatable bonds is 5. The molecule has 2 amide bonds. The Morgan fingerprint density at radius 3 is 2.36 bits per heavy atom. The molecule has 0 atom stereocenters. The maximum atomic E-state index is 13.0. The standard InChI is InChI=1S/C25H19F3N6O2/c1-14-3-4-18(33-24(36)22-11-17(13-32-34-22)25(26,27)28)12-19(14)15-5-7-30-20(9-15)16-6-8-31-21(10-16)23(35)29-2/h3-13H,1-2H3,(H,29,35)(H,33,36). The zero-order valence-corrected chi connectivity index (χ0v) is 19.1. The average Bonchev–Trinajstić information content (AvgIpc) is 2.89. The van der Waals surface area contributed by atoms with E-state index in [1.807, 2.05) is 13.0 Å². The third-order valence-electron chi connectivity index (χ3n) is 5.30. The van der Waals surface area contributed by atoms with Crippen LogP contribution in [0.2, 0.25) is 0 Å². The lowest BCUT2D eigenvalue weighted by Gasteiger charge is -2.12. The van der Waals surface area contributed by atoms with Gasteiger partial charge in [-0.25, -0.2) is 0 Å². The van der Waals surface area contributed by atoms with Crippen molar-refractivity contribution >= 4 is 17.5 Å². The SMILES string of the molecule is CNC(=O)c1cc(-c2cc(-c3cc(NC(=O)c4cc(C(F)(F)F)cnn4)ccc3C)ccn2)ccn1. The van der Waals surface area contributed by atoms with Gasteiger partial charge < -0.3 is 10.6 Å². The minimum absolute atomic E-state index is 0.251. The molecule has 8 nitrogen and oxygen atoms in total. The highest BCUT2D eigenvalue weighted by Crippen LogP contribution is 2.31. The van der Waals surface area contributed by atoms with Crippen LogP contribution >= 0.6 is 0 Å². The van der Waals surface area contributed by atoms with Gasteiger partial charge in [-0.15, -0.1) is 5.10 Å². The summed E-state index contributed by atoms with van der Waals surface area (Å²) in [5.41, 5.74) is 2.84. The van der Waals surface area contributed by atoms with Crippen molar-refractivity contribution in [2.75, 3.05) is 12.4 Å². The lowest BCUT2D eigenvalue weighted by atomic mass is 9.98. The second-order valence-corrected chi connectivity index (χ2v) is 7.75. The van der Waals surface area contributed by atoms with Crippen LogP contribution in [-0.2, 0) is 6.18 Å². The van der Waals surface area contributed by atoms with Crippen LogP contribution in [0.4, 0.5) is 18.9 Å². The van der Waals surface area contributed by atoms with Gasteiger partial charge in [-0.3, -0.25) is 19.6 Å². The second-order valence-electron chi connectivity index (χ2n) is 7.75. The van der Waals surface area contributed by atoms with E-state index in [1.165, 1.54) is 13.2 Å². The first-order valence-electron chi connectivity index (χ1n) is 10.6. The van der Waals surface area contributed by atoms with Gasteiger partial charge in [0.25, 0.3) is 11.8 Å². The van der Waals surface area contributed by atoms with Gasteiger partial charge in [0, 0.05) is 30.7 Å². The van der Waals surface area contributed by atoms with E-state index in [0.717, 1.165) is 16.7 Å². The van der Waals surface area contributed by atoms with E-state index in [2.05, 4.69) is 30.8 Å². The van der Waals surface area contributed by atoms with Crippen molar-refractivity contribution in [3.05, 3.63) is 89.6 Å². The van der Waals surface area contributed by atoms with E-state index in [0.29, 0.717) is 29.2 Å². The van der Waals surface area contributed by atoms with Crippen LogP contribution in [0.3, 0.4) is 0 Å². The molecule has 2 N–H and O–H groups in total. The van der Waals surface area contributed by atoms with Crippen molar-refractivity contribution in [2.24, 2.45) is 0 Å². The molecule has 0 aliphatic carbocycles. The first-order chi connectivity index (χ1) is 17.2. The maximum absolute atomic E-state index is 13.0. The van der Waals surface area contributed by atoms with Crippen molar-refractivity contribution in [3.8, 4) is 22.4 Å². The minimum Gasteiger partial charge on any atom is -0.354 e. The number of nitrogens with one attached hydrogen (secondary N) is 2. The summed E-state index contributed by atoms with van der Waals surface area (Å²) < 4.78 is 38.9. The van der Waals surface area contributed by atoms with E-state index in [9.17, 15) is 22.8 Å². The number of carbonyl (C=O) groups excluding carboxylic acids is 2. The molecule has 0 aliphatic rings. The molecule has 4 aromatic rings. The number of aryl methyl sites for hydroxylation is 1. The largest absolute Gasteiger partial charge is 0.418 e. The number of hydrogen-bond acceptors (Lipinski definition) is 6. The molecule has 0 bridgehead atoms. The number of pyridine rings is 2. The van der Waals surface area contributed by atoms with Crippen molar-refractivity contribution in [1.82, 2.24) is 25.5 Å². The van der Waals surface area contributed by atoms with E-state index >= 15 is 0 Å². The fourth-order valence-electron chi connectivity index (χ4n) is 3.44. The zero-order valence-electron chi connectivity index (χ0n) is 19.1. The monoisotopic (exact) mass is 492 g/mol. The Morgan fingerprint density at radius 1 is 0.861 bits per heavy atom. The fraction of sp³-hybridized carbons (Fsp3) is 0.120. The molecule has 0 aliphatic heterocycles. The lowest BCUT2D eigenvalue weighted by molar-refractivity contribution is -0.137. The summed E-state index contributed by atoms with van der Waals surface area (Å²) in [5.74, 6) is -1.14. The zero-order chi connectivity index (χ0) is 25.9. The summed E-state index contributed by atoms with van der Waals surface area (Å²) >= 11 is 0. The fourth-order valence-corrected chi connectivity index (χ4v) is 3.44. The van der Waals surface area contributed by atoms with Crippen LogP contribution in [-0.4, -0.2) is 39.0 Å². The Labute approximate surface area is 203 Å². The van der Waals surface area contributed by atoms with Crippen LogP contribution < -0.4 is 10.6 Å². The van der Waals surface area contributed by atoms with Gasteiger partial charge >= 0.3 is 6.18 Å². The van der Waals surface area contributed by atoms with E-state index in [-0.39, 0.29) is 11.6 Å². The quantitative estimate of drug-likeness (QED) is 0.423. The third-order valence-corrected chi connectivity index (χ3v) is 5.30. The van der Waals surface area contributed by atoms with E-state index < -0.39 is 23.3 Å². The molecule has 182 valence electrons. The van der Waals surface area contributed by atoms with Crippen LogP contribution in [0.15, 0.2) is 67.1 Å². The predicted octanol–water partition coefficient (Wildman–Crippen LogP) is 4.54. The van der Waals surface area contributed by atoms with Gasteiger partial charge in [-0.2, -0.15) is 18.3 Å². The molecule has 0 fully saturated rings. The smallest absolute Gasteiger partial charge is 0.354 e. The van der Waals surface area contributed by atoms with Crippen LogP contribution in [0, 0.1) is 6.92 Å². The van der Waals surface area contributed by atoms with Crippen molar-refractivity contribution in [1.29, 1.82) is 0 Å². The second kappa shape index (κ2) is 9.90. The normalized spacial score (nSPS) is 11.1. The topological polar surface area (TPSA) is 110 Å². The number of anilines is 1.